The summed E-state index contributed by atoms with van der Waals surface area (Å²) < 4.78 is 0. The smallest absolute Gasteiger partial charge is 0.230 e. The minimum Gasteiger partial charge on any atom is -0.308 e. The Kier molecular flexibility index (Phi) is 4.47. The fraction of sp³-hybridized carbons (Fsp3) is 0.200. The Labute approximate surface area is 141 Å². The molecule has 24 heavy (non-hydrogen) atoms. The van der Waals surface area contributed by atoms with Crippen LogP contribution in [0.3, 0.4) is 0 Å². The highest BCUT2D eigenvalue weighted by molar-refractivity contribution is 5.95. The van der Waals surface area contributed by atoms with E-state index in [0.717, 1.165) is 27.9 Å². The van der Waals surface area contributed by atoms with Gasteiger partial charge in [0.25, 0.3) is 0 Å². The van der Waals surface area contributed by atoms with Crippen LogP contribution in [0.1, 0.15) is 22.4 Å². The Hall–Kier alpha value is -2.88. The van der Waals surface area contributed by atoms with Gasteiger partial charge in [-0.1, -0.05) is 59.7 Å². The molecule has 2 N–H and O–H groups in total. The van der Waals surface area contributed by atoms with Gasteiger partial charge in [-0.3, -0.25) is 9.89 Å². The zero-order valence-corrected chi connectivity index (χ0v) is 14.2. The summed E-state index contributed by atoms with van der Waals surface area (Å²) in [5.41, 5.74) is 6.24. The maximum atomic E-state index is 12.4. The van der Waals surface area contributed by atoms with Gasteiger partial charge in [-0.15, -0.1) is 0 Å². The number of anilines is 1. The van der Waals surface area contributed by atoms with Gasteiger partial charge in [0, 0.05) is 11.3 Å². The van der Waals surface area contributed by atoms with Crippen molar-refractivity contribution in [1.29, 1.82) is 0 Å². The van der Waals surface area contributed by atoms with Crippen molar-refractivity contribution in [3.8, 4) is 11.1 Å². The topological polar surface area (TPSA) is 57.8 Å². The highest BCUT2D eigenvalue weighted by Gasteiger charge is 2.15. The number of H-pyrrole nitrogens is 1. The lowest BCUT2D eigenvalue weighted by atomic mass is 10.0. The molecule has 0 fully saturated rings. The quantitative estimate of drug-likeness (QED) is 0.758. The number of hydrogen-bond acceptors (Lipinski definition) is 2. The molecule has 0 saturated carbocycles. The second-order valence-electron chi connectivity index (χ2n) is 6.16. The first-order chi connectivity index (χ1) is 11.5. The number of benzene rings is 2. The van der Waals surface area contributed by atoms with Crippen LogP contribution in [0, 0.1) is 20.8 Å². The third kappa shape index (κ3) is 3.54. The van der Waals surface area contributed by atoms with Crippen molar-refractivity contribution in [2.24, 2.45) is 0 Å². The van der Waals surface area contributed by atoms with Crippen LogP contribution in [0.5, 0.6) is 0 Å². The number of amides is 1. The third-order valence-electron chi connectivity index (χ3n) is 3.96. The summed E-state index contributed by atoms with van der Waals surface area (Å²) in [6.07, 6.45) is 0.334. The average molecular weight is 319 g/mol. The molecule has 0 aliphatic rings. The molecule has 0 bridgehead atoms. The van der Waals surface area contributed by atoms with Gasteiger partial charge in [0.2, 0.25) is 5.91 Å². The number of aromatic nitrogens is 2. The van der Waals surface area contributed by atoms with Gasteiger partial charge in [-0.2, -0.15) is 5.10 Å². The van der Waals surface area contributed by atoms with Gasteiger partial charge in [-0.25, -0.2) is 0 Å². The molecule has 0 spiro atoms. The number of aromatic amines is 1. The van der Waals surface area contributed by atoms with Crippen LogP contribution in [0.2, 0.25) is 0 Å². The molecule has 1 aromatic heterocycles. The molecule has 0 atom stereocenters. The molecular formula is C20H21N3O. The summed E-state index contributed by atoms with van der Waals surface area (Å²) in [5.74, 6) is 0.511. The molecule has 4 heteroatoms. The molecule has 0 aliphatic carbocycles. The lowest BCUT2D eigenvalue weighted by Gasteiger charge is -2.07. The molecular weight excluding hydrogens is 298 g/mol. The SMILES string of the molecule is Cc1cccc(CC(=O)Nc2n[nH]c(C)c2-c2cccc(C)c2)c1. The number of nitrogens with one attached hydrogen (secondary N) is 2. The van der Waals surface area contributed by atoms with Crippen LogP contribution in [-0.4, -0.2) is 16.1 Å². The van der Waals surface area contributed by atoms with E-state index in [2.05, 4.69) is 34.6 Å². The maximum absolute atomic E-state index is 12.4. The molecule has 3 aromatic rings. The summed E-state index contributed by atoms with van der Waals surface area (Å²) in [7, 11) is 0. The summed E-state index contributed by atoms with van der Waals surface area (Å²) in [6, 6.07) is 16.2. The highest BCUT2D eigenvalue weighted by atomic mass is 16.1. The second kappa shape index (κ2) is 6.71. The molecule has 2 aromatic carbocycles. The van der Waals surface area contributed by atoms with Crippen molar-refractivity contribution in [3.63, 3.8) is 0 Å². The highest BCUT2D eigenvalue weighted by Crippen LogP contribution is 2.30. The van der Waals surface area contributed by atoms with Crippen molar-refractivity contribution in [1.82, 2.24) is 10.2 Å². The van der Waals surface area contributed by atoms with Gasteiger partial charge < -0.3 is 5.32 Å². The zero-order valence-electron chi connectivity index (χ0n) is 14.2. The zero-order chi connectivity index (χ0) is 17.1. The summed E-state index contributed by atoms with van der Waals surface area (Å²) in [5, 5.41) is 10.2. The molecule has 1 amide bonds. The Morgan fingerprint density at radius 3 is 2.46 bits per heavy atom. The fourth-order valence-corrected chi connectivity index (χ4v) is 2.86. The largest absolute Gasteiger partial charge is 0.308 e. The van der Waals surface area contributed by atoms with Crippen molar-refractivity contribution >= 4 is 11.7 Å². The summed E-state index contributed by atoms with van der Waals surface area (Å²) >= 11 is 0. The van der Waals surface area contributed by atoms with Crippen molar-refractivity contribution in [2.45, 2.75) is 27.2 Å². The van der Waals surface area contributed by atoms with E-state index in [1.807, 2.05) is 50.2 Å². The van der Waals surface area contributed by atoms with Crippen LogP contribution in [-0.2, 0) is 11.2 Å². The number of nitrogens with zero attached hydrogens (tertiary/aromatic N) is 1. The molecule has 4 nitrogen and oxygen atoms in total. The number of carbonyl (C=O) groups is 1. The van der Waals surface area contributed by atoms with Crippen LogP contribution >= 0.6 is 0 Å². The molecule has 3 rings (SSSR count). The van der Waals surface area contributed by atoms with E-state index >= 15 is 0 Å². The predicted molar refractivity (Wildman–Crippen MR) is 97.0 cm³/mol. The van der Waals surface area contributed by atoms with Crippen LogP contribution in [0.25, 0.3) is 11.1 Å². The lowest BCUT2D eigenvalue weighted by Crippen LogP contribution is -2.15. The summed E-state index contributed by atoms with van der Waals surface area (Å²) in [4.78, 5) is 12.4. The van der Waals surface area contributed by atoms with Gasteiger partial charge in [0.1, 0.15) is 0 Å². The van der Waals surface area contributed by atoms with Gasteiger partial charge in [-0.05, 0) is 31.9 Å². The Morgan fingerprint density at radius 2 is 1.75 bits per heavy atom. The first kappa shape index (κ1) is 16.0. The normalized spacial score (nSPS) is 10.6. The van der Waals surface area contributed by atoms with E-state index in [4.69, 9.17) is 0 Å². The number of carbonyl (C=O) groups excluding carboxylic acids is 1. The lowest BCUT2D eigenvalue weighted by molar-refractivity contribution is -0.115. The molecule has 122 valence electrons. The average Bonchev–Trinajstić information content (AvgIpc) is 2.87. The first-order valence-corrected chi connectivity index (χ1v) is 8.00. The summed E-state index contributed by atoms with van der Waals surface area (Å²) in [6.45, 7) is 6.03. The third-order valence-corrected chi connectivity index (χ3v) is 3.96. The first-order valence-electron chi connectivity index (χ1n) is 8.00. The number of hydrogen-bond donors (Lipinski definition) is 2. The standard InChI is InChI=1S/C20H21N3O/c1-13-6-4-8-16(10-13)12-18(24)21-20-19(15(3)22-23-20)17-9-5-7-14(2)11-17/h4-11H,12H2,1-3H3,(H2,21,22,23,24). The second-order valence-corrected chi connectivity index (χ2v) is 6.16. The van der Waals surface area contributed by atoms with Crippen LogP contribution in [0.15, 0.2) is 48.5 Å². The maximum Gasteiger partial charge on any atom is 0.230 e. The van der Waals surface area contributed by atoms with E-state index in [1.54, 1.807) is 0 Å². The molecule has 1 heterocycles. The molecule has 0 unspecified atom stereocenters. The van der Waals surface area contributed by atoms with E-state index < -0.39 is 0 Å². The van der Waals surface area contributed by atoms with Gasteiger partial charge in [0.15, 0.2) is 5.82 Å². The van der Waals surface area contributed by atoms with Gasteiger partial charge in [0.05, 0.1) is 6.42 Å². The Morgan fingerprint density at radius 1 is 1.04 bits per heavy atom. The molecule has 0 saturated heterocycles. The molecule has 0 radical (unpaired) electrons. The monoisotopic (exact) mass is 319 g/mol. The number of aryl methyl sites for hydroxylation is 3. The molecule has 0 aliphatic heterocycles. The fourth-order valence-electron chi connectivity index (χ4n) is 2.86. The van der Waals surface area contributed by atoms with Crippen LogP contribution < -0.4 is 5.32 Å². The van der Waals surface area contributed by atoms with Crippen molar-refractivity contribution in [2.75, 3.05) is 5.32 Å². The minimum absolute atomic E-state index is 0.0685. The van der Waals surface area contributed by atoms with E-state index in [0.29, 0.717) is 12.2 Å². The van der Waals surface area contributed by atoms with E-state index in [-0.39, 0.29) is 5.91 Å². The van der Waals surface area contributed by atoms with Crippen molar-refractivity contribution in [3.05, 3.63) is 70.9 Å². The Bertz CT molecular complexity index is 880. The van der Waals surface area contributed by atoms with E-state index in [1.165, 1.54) is 5.56 Å². The Balaban J connectivity index is 1.82. The minimum atomic E-state index is -0.0685. The van der Waals surface area contributed by atoms with Crippen LogP contribution in [0.4, 0.5) is 5.82 Å². The number of rotatable bonds is 4. The van der Waals surface area contributed by atoms with E-state index in [9.17, 15) is 4.79 Å². The van der Waals surface area contributed by atoms with Crippen molar-refractivity contribution < 1.29 is 4.79 Å². The predicted octanol–water partition coefficient (Wildman–Crippen LogP) is 4.18. The van der Waals surface area contributed by atoms with Gasteiger partial charge >= 0.3 is 0 Å².